The second-order valence-electron chi connectivity index (χ2n) is 12.7. The van der Waals surface area contributed by atoms with Gasteiger partial charge in [0.2, 0.25) is 5.91 Å². The average Bonchev–Trinajstić information content (AvgIpc) is 2.97. The summed E-state index contributed by atoms with van der Waals surface area (Å²) in [7, 11) is 0. The van der Waals surface area contributed by atoms with Gasteiger partial charge >= 0.3 is 0 Å². The Labute approximate surface area is 255 Å². The van der Waals surface area contributed by atoms with Gasteiger partial charge in [-0.25, -0.2) is 4.39 Å². The van der Waals surface area contributed by atoms with Gasteiger partial charge in [0.15, 0.2) is 0 Å². The summed E-state index contributed by atoms with van der Waals surface area (Å²) in [6.45, 7) is 4.07. The first-order valence-corrected chi connectivity index (χ1v) is 18.3. The molecule has 3 N–H and O–H groups in total. The van der Waals surface area contributed by atoms with Crippen LogP contribution in [0.5, 0.6) is 0 Å². The molecule has 0 aromatic carbocycles. The van der Waals surface area contributed by atoms with E-state index in [1.54, 1.807) is 0 Å². The number of aliphatic hydroxyl groups excluding tert-OH is 2. The molecule has 41 heavy (non-hydrogen) atoms. The fraction of sp³-hybridized carbons (Fsp3) is 0.972. The Hall–Kier alpha value is -0.680. The van der Waals surface area contributed by atoms with Gasteiger partial charge in [0, 0.05) is 6.42 Å². The summed E-state index contributed by atoms with van der Waals surface area (Å²) >= 11 is 0. The molecule has 246 valence electrons. The van der Waals surface area contributed by atoms with Crippen molar-refractivity contribution < 1.29 is 19.4 Å². The van der Waals surface area contributed by atoms with Gasteiger partial charge in [-0.1, -0.05) is 181 Å². The summed E-state index contributed by atoms with van der Waals surface area (Å²) in [6.07, 6.45) is 31.7. The number of nitrogens with one attached hydrogen (secondary N) is 1. The van der Waals surface area contributed by atoms with E-state index < -0.39 is 24.9 Å². The highest BCUT2D eigenvalue weighted by atomic mass is 19.1. The fourth-order valence-corrected chi connectivity index (χ4v) is 5.78. The van der Waals surface area contributed by atoms with E-state index in [4.69, 9.17) is 0 Å². The second kappa shape index (κ2) is 32.2. The van der Waals surface area contributed by atoms with Crippen LogP contribution in [0.1, 0.15) is 200 Å². The van der Waals surface area contributed by atoms with E-state index in [0.717, 1.165) is 38.5 Å². The van der Waals surface area contributed by atoms with Crippen molar-refractivity contribution in [3.05, 3.63) is 0 Å². The van der Waals surface area contributed by atoms with E-state index in [0.29, 0.717) is 6.42 Å². The maximum atomic E-state index is 14.6. The Balaban J connectivity index is 3.66. The number of unbranched alkanes of at least 4 members (excludes halogenated alkanes) is 25. The quantitative estimate of drug-likeness (QED) is 0.0671. The highest BCUT2D eigenvalue weighted by Crippen LogP contribution is 2.17. The largest absolute Gasteiger partial charge is 0.394 e. The molecule has 0 rings (SSSR count). The summed E-state index contributed by atoms with van der Waals surface area (Å²) in [4.78, 5) is 12.3. The minimum absolute atomic E-state index is 0.199. The van der Waals surface area contributed by atoms with Crippen molar-refractivity contribution in [2.45, 2.75) is 218 Å². The third kappa shape index (κ3) is 27.9. The minimum atomic E-state index is -1.42. The predicted octanol–water partition coefficient (Wildman–Crippen LogP) is 10.5. The van der Waals surface area contributed by atoms with E-state index in [9.17, 15) is 19.4 Å². The molecule has 0 aliphatic rings. The van der Waals surface area contributed by atoms with Gasteiger partial charge in [-0.2, -0.15) is 0 Å². The van der Waals surface area contributed by atoms with E-state index in [1.165, 1.54) is 135 Å². The molecule has 5 heteroatoms. The lowest BCUT2D eigenvalue weighted by Gasteiger charge is -2.25. The summed E-state index contributed by atoms with van der Waals surface area (Å²) < 4.78 is 14.6. The SMILES string of the molecule is CCCCCCCCCCCCCCCCCC(=O)N[C@H](CO)[C@@H](O)[C@@H](F)CCCCCCCCCCCCCC. The summed E-state index contributed by atoms with van der Waals surface area (Å²) in [5.74, 6) is -0.199. The number of carbonyl (C=O) groups is 1. The van der Waals surface area contributed by atoms with Crippen LogP contribution in [0.15, 0.2) is 0 Å². The molecule has 0 radical (unpaired) electrons. The van der Waals surface area contributed by atoms with E-state index >= 15 is 0 Å². The van der Waals surface area contributed by atoms with Crippen molar-refractivity contribution in [1.82, 2.24) is 5.32 Å². The summed E-state index contributed by atoms with van der Waals surface area (Å²) in [6, 6.07) is -0.925. The van der Waals surface area contributed by atoms with Crippen LogP contribution in [0.4, 0.5) is 4.39 Å². The second-order valence-corrected chi connectivity index (χ2v) is 12.7. The van der Waals surface area contributed by atoms with Crippen molar-refractivity contribution in [1.29, 1.82) is 0 Å². The van der Waals surface area contributed by atoms with Gasteiger partial charge in [0.1, 0.15) is 12.3 Å². The van der Waals surface area contributed by atoms with Gasteiger partial charge in [-0.05, 0) is 12.8 Å². The molecular formula is C36H72FNO3. The van der Waals surface area contributed by atoms with Crippen LogP contribution in [0.2, 0.25) is 0 Å². The van der Waals surface area contributed by atoms with Crippen LogP contribution in [-0.4, -0.2) is 41.0 Å². The van der Waals surface area contributed by atoms with Crippen molar-refractivity contribution in [2.75, 3.05) is 6.61 Å². The zero-order valence-corrected chi connectivity index (χ0v) is 27.6. The van der Waals surface area contributed by atoms with Crippen molar-refractivity contribution in [2.24, 2.45) is 0 Å². The lowest BCUT2D eigenvalue weighted by molar-refractivity contribution is -0.123. The molecule has 0 aliphatic carbocycles. The number of carbonyl (C=O) groups excluding carboxylic acids is 1. The molecule has 0 spiro atoms. The van der Waals surface area contributed by atoms with E-state index in [-0.39, 0.29) is 12.3 Å². The number of alkyl halides is 1. The summed E-state index contributed by atoms with van der Waals surface area (Å²) in [5.41, 5.74) is 0. The molecule has 4 nitrogen and oxygen atoms in total. The Bertz CT molecular complexity index is 533. The Morgan fingerprint density at radius 2 is 0.878 bits per heavy atom. The Morgan fingerprint density at radius 3 is 1.22 bits per heavy atom. The van der Waals surface area contributed by atoms with Crippen LogP contribution in [-0.2, 0) is 4.79 Å². The predicted molar refractivity (Wildman–Crippen MR) is 175 cm³/mol. The van der Waals surface area contributed by atoms with Crippen molar-refractivity contribution in [3.8, 4) is 0 Å². The number of hydrogen-bond acceptors (Lipinski definition) is 3. The molecule has 0 saturated heterocycles. The van der Waals surface area contributed by atoms with Crippen LogP contribution in [0.25, 0.3) is 0 Å². The third-order valence-electron chi connectivity index (χ3n) is 8.67. The number of amides is 1. The number of halogens is 1. The molecule has 0 fully saturated rings. The first kappa shape index (κ1) is 40.3. The molecule has 0 heterocycles. The van der Waals surface area contributed by atoms with Crippen molar-refractivity contribution >= 4 is 5.91 Å². The van der Waals surface area contributed by atoms with Gasteiger partial charge in [-0.15, -0.1) is 0 Å². The molecular weight excluding hydrogens is 513 g/mol. The molecule has 0 aromatic rings. The highest BCUT2D eigenvalue weighted by molar-refractivity contribution is 5.76. The van der Waals surface area contributed by atoms with Crippen LogP contribution >= 0.6 is 0 Å². The van der Waals surface area contributed by atoms with E-state index in [1.807, 2.05) is 0 Å². The lowest BCUT2D eigenvalue weighted by atomic mass is 10.00. The highest BCUT2D eigenvalue weighted by Gasteiger charge is 2.28. The van der Waals surface area contributed by atoms with Crippen LogP contribution in [0.3, 0.4) is 0 Å². The van der Waals surface area contributed by atoms with Gasteiger partial charge in [0.05, 0.1) is 12.6 Å². The van der Waals surface area contributed by atoms with E-state index in [2.05, 4.69) is 19.2 Å². The maximum absolute atomic E-state index is 14.6. The standard InChI is InChI=1S/C36H72FNO3/c1-3-5-7-9-11-13-15-17-18-19-21-23-25-27-29-31-35(40)38-34(32-39)36(41)33(37)30-28-26-24-22-20-16-14-12-10-8-6-4-2/h33-34,36,39,41H,3-32H2,1-2H3,(H,38,40)/t33-,34+,36-/m0/s1. The van der Waals surface area contributed by atoms with Gasteiger partial charge in [-0.3, -0.25) is 4.79 Å². The Kier molecular flexibility index (Phi) is 31.7. The van der Waals surface area contributed by atoms with Crippen LogP contribution < -0.4 is 5.32 Å². The molecule has 0 unspecified atom stereocenters. The first-order valence-electron chi connectivity index (χ1n) is 18.3. The van der Waals surface area contributed by atoms with Gasteiger partial charge < -0.3 is 15.5 Å². The Morgan fingerprint density at radius 1 is 0.561 bits per heavy atom. The number of hydrogen-bond donors (Lipinski definition) is 3. The average molecular weight is 586 g/mol. The normalized spacial score (nSPS) is 13.8. The topological polar surface area (TPSA) is 69.6 Å². The smallest absolute Gasteiger partial charge is 0.220 e. The van der Waals surface area contributed by atoms with Crippen LogP contribution in [0, 0.1) is 0 Å². The fourth-order valence-electron chi connectivity index (χ4n) is 5.78. The van der Waals surface area contributed by atoms with Gasteiger partial charge in [0.25, 0.3) is 0 Å². The monoisotopic (exact) mass is 586 g/mol. The molecule has 0 bridgehead atoms. The van der Waals surface area contributed by atoms with Crippen molar-refractivity contribution in [3.63, 3.8) is 0 Å². The zero-order valence-electron chi connectivity index (χ0n) is 27.6. The maximum Gasteiger partial charge on any atom is 0.220 e. The first-order chi connectivity index (χ1) is 20.1. The molecule has 3 atom stereocenters. The molecule has 0 aliphatic heterocycles. The lowest BCUT2D eigenvalue weighted by Crippen LogP contribution is -2.49. The molecule has 1 amide bonds. The minimum Gasteiger partial charge on any atom is -0.394 e. The number of aliphatic hydroxyl groups is 2. The zero-order chi connectivity index (χ0) is 30.2. The summed E-state index contributed by atoms with van der Waals surface area (Å²) in [5, 5.41) is 22.7. The number of rotatable bonds is 33. The third-order valence-corrected chi connectivity index (χ3v) is 8.67. The molecule has 0 saturated carbocycles. The molecule has 0 aromatic heterocycles.